The molecule has 2 aliphatic rings. The van der Waals surface area contributed by atoms with Crippen LogP contribution in [0, 0.1) is 5.92 Å². The second-order valence-corrected chi connectivity index (χ2v) is 6.16. The second kappa shape index (κ2) is 7.38. The van der Waals surface area contributed by atoms with Gasteiger partial charge in [-0.3, -0.25) is 4.79 Å². The summed E-state index contributed by atoms with van der Waals surface area (Å²) in [5.41, 5.74) is 5.24. The lowest BCUT2D eigenvalue weighted by molar-refractivity contribution is -0.147. The third-order valence-electron chi connectivity index (χ3n) is 5.01. The van der Waals surface area contributed by atoms with Crippen molar-refractivity contribution in [1.29, 1.82) is 0 Å². The van der Waals surface area contributed by atoms with Crippen LogP contribution in [0.5, 0.6) is 0 Å². The molecule has 0 bridgehead atoms. The molecule has 5 nitrogen and oxygen atoms in total. The molecule has 1 atom stereocenters. The quantitative estimate of drug-likeness (QED) is 0.697. The summed E-state index contributed by atoms with van der Waals surface area (Å²) in [5, 5.41) is 6.46. The van der Waals surface area contributed by atoms with Crippen molar-refractivity contribution in [2.24, 2.45) is 11.7 Å². The van der Waals surface area contributed by atoms with Crippen molar-refractivity contribution in [3.05, 3.63) is 0 Å². The molecule has 5 heteroatoms. The van der Waals surface area contributed by atoms with Crippen LogP contribution in [-0.2, 0) is 9.53 Å². The van der Waals surface area contributed by atoms with E-state index in [1.807, 2.05) is 0 Å². The van der Waals surface area contributed by atoms with Gasteiger partial charge in [0.05, 0.1) is 0 Å². The minimum atomic E-state index is -0.659. The lowest BCUT2D eigenvalue weighted by Gasteiger charge is -2.38. The van der Waals surface area contributed by atoms with E-state index in [9.17, 15) is 4.79 Å². The SMILES string of the molecule is COC1(C(=O)NC(CN)C2CCCCC2)CCNCC1. The van der Waals surface area contributed by atoms with Crippen LogP contribution in [0.3, 0.4) is 0 Å². The average molecular weight is 283 g/mol. The van der Waals surface area contributed by atoms with Crippen molar-refractivity contribution >= 4 is 5.91 Å². The Balaban J connectivity index is 1.96. The molecule has 116 valence electrons. The van der Waals surface area contributed by atoms with Crippen LogP contribution in [0.4, 0.5) is 0 Å². The van der Waals surface area contributed by atoms with E-state index < -0.39 is 5.60 Å². The van der Waals surface area contributed by atoms with Gasteiger partial charge in [0.25, 0.3) is 5.91 Å². The maximum absolute atomic E-state index is 12.6. The Kier molecular flexibility index (Phi) is 5.81. The van der Waals surface area contributed by atoms with E-state index in [0.717, 1.165) is 25.9 Å². The van der Waals surface area contributed by atoms with Crippen molar-refractivity contribution in [3.63, 3.8) is 0 Å². The van der Waals surface area contributed by atoms with Crippen molar-refractivity contribution < 1.29 is 9.53 Å². The number of nitrogens with one attached hydrogen (secondary N) is 2. The van der Waals surface area contributed by atoms with Crippen molar-refractivity contribution in [3.8, 4) is 0 Å². The van der Waals surface area contributed by atoms with Gasteiger partial charge >= 0.3 is 0 Å². The first-order chi connectivity index (χ1) is 9.72. The van der Waals surface area contributed by atoms with E-state index in [-0.39, 0.29) is 11.9 Å². The normalized spacial score (nSPS) is 25.1. The molecule has 1 aliphatic heterocycles. The predicted molar refractivity (Wildman–Crippen MR) is 79.4 cm³/mol. The summed E-state index contributed by atoms with van der Waals surface area (Å²) in [6, 6.07) is 0.102. The molecule has 1 amide bonds. The van der Waals surface area contributed by atoms with Crippen LogP contribution < -0.4 is 16.4 Å². The molecule has 0 aromatic carbocycles. The Hall–Kier alpha value is -0.650. The summed E-state index contributed by atoms with van der Waals surface area (Å²) in [7, 11) is 1.64. The first kappa shape index (κ1) is 15.7. The number of hydrogen-bond donors (Lipinski definition) is 3. The zero-order valence-corrected chi connectivity index (χ0v) is 12.6. The van der Waals surface area contributed by atoms with E-state index in [1.165, 1.54) is 32.1 Å². The standard InChI is InChI=1S/C15H29N3O2/c1-20-15(7-9-17-10-8-15)14(19)18-13(11-16)12-5-3-2-4-6-12/h12-13,17H,2-11,16H2,1H3,(H,18,19). The molecule has 20 heavy (non-hydrogen) atoms. The maximum atomic E-state index is 12.6. The van der Waals surface area contributed by atoms with Crippen molar-refractivity contribution in [1.82, 2.24) is 10.6 Å². The number of methoxy groups -OCH3 is 1. The average Bonchev–Trinajstić information content (AvgIpc) is 2.53. The molecule has 1 aliphatic carbocycles. The smallest absolute Gasteiger partial charge is 0.252 e. The maximum Gasteiger partial charge on any atom is 0.252 e. The highest BCUT2D eigenvalue weighted by atomic mass is 16.5. The summed E-state index contributed by atoms with van der Waals surface area (Å²) >= 11 is 0. The molecule has 0 spiro atoms. The number of piperidine rings is 1. The Morgan fingerprint density at radius 2 is 2.00 bits per heavy atom. The summed E-state index contributed by atoms with van der Waals surface area (Å²) < 4.78 is 5.58. The summed E-state index contributed by atoms with van der Waals surface area (Å²) in [4.78, 5) is 12.6. The fraction of sp³-hybridized carbons (Fsp3) is 0.933. The highest BCUT2D eigenvalue weighted by molar-refractivity contribution is 5.85. The van der Waals surface area contributed by atoms with Crippen molar-refractivity contribution in [2.45, 2.75) is 56.6 Å². The number of carbonyl (C=O) groups is 1. The highest BCUT2D eigenvalue weighted by Gasteiger charge is 2.41. The fourth-order valence-electron chi connectivity index (χ4n) is 3.56. The second-order valence-electron chi connectivity index (χ2n) is 6.16. The first-order valence-electron chi connectivity index (χ1n) is 7.99. The number of carbonyl (C=O) groups excluding carboxylic acids is 1. The van der Waals surface area contributed by atoms with Crippen LogP contribution >= 0.6 is 0 Å². The largest absolute Gasteiger partial charge is 0.368 e. The molecule has 1 saturated carbocycles. The van der Waals surface area contributed by atoms with Crippen LogP contribution in [-0.4, -0.2) is 44.3 Å². The molecule has 0 aromatic rings. The lowest BCUT2D eigenvalue weighted by atomic mass is 9.83. The minimum Gasteiger partial charge on any atom is -0.368 e. The number of ether oxygens (including phenoxy) is 1. The van der Waals surface area contributed by atoms with Crippen LogP contribution in [0.1, 0.15) is 44.9 Å². The molecule has 4 N–H and O–H groups in total. The molecule has 2 rings (SSSR count). The summed E-state index contributed by atoms with van der Waals surface area (Å²) in [6.45, 7) is 2.18. The van der Waals surface area contributed by atoms with Gasteiger partial charge in [-0.1, -0.05) is 19.3 Å². The Morgan fingerprint density at radius 3 is 2.55 bits per heavy atom. The third kappa shape index (κ3) is 3.51. The lowest BCUT2D eigenvalue weighted by Crippen LogP contribution is -2.58. The van der Waals surface area contributed by atoms with E-state index >= 15 is 0 Å². The van der Waals surface area contributed by atoms with Crippen LogP contribution in [0.15, 0.2) is 0 Å². The van der Waals surface area contributed by atoms with Crippen molar-refractivity contribution in [2.75, 3.05) is 26.7 Å². The van der Waals surface area contributed by atoms with E-state index in [1.54, 1.807) is 7.11 Å². The zero-order valence-electron chi connectivity index (χ0n) is 12.6. The topological polar surface area (TPSA) is 76.4 Å². The summed E-state index contributed by atoms with van der Waals surface area (Å²) in [5.74, 6) is 0.566. The van der Waals surface area contributed by atoms with Gasteiger partial charge in [-0.15, -0.1) is 0 Å². The Bertz CT molecular complexity index is 310. The number of hydrogen-bond acceptors (Lipinski definition) is 4. The van der Waals surface area contributed by atoms with Gasteiger partial charge in [0.15, 0.2) is 0 Å². The summed E-state index contributed by atoms with van der Waals surface area (Å²) in [6.07, 6.45) is 7.67. The molecular weight excluding hydrogens is 254 g/mol. The molecule has 0 radical (unpaired) electrons. The highest BCUT2D eigenvalue weighted by Crippen LogP contribution is 2.28. The van der Waals surface area contributed by atoms with Crippen LogP contribution in [0.2, 0.25) is 0 Å². The molecule has 1 unspecified atom stereocenters. The fourth-order valence-corrected chi connectivity index (χ4v) is 3.56. The third-order valence-corrected chi connectivity index (χ3v) is 5.01. The Morgan fingerprint density at radius 1 is 1.35 bits per heavy atom. The van der Waals surface area contributed by atoms with Crippen LogP contribution in [0.25, 0.3) is 0 Å². The molecule has 2 fully saturated rings. The van der Waals surface area contributed by atoms with E-state index in [4.69, 9.17) is 10.5 Å². The van der Waals surface area contributed by atoms with E-state index in [0.29, 0.717) is 12.5 Å². The Labute approximate surface area is 122 Å². The molecular formula is C15H29N3O2. The molecule has 1 heterocycles. The van der Waals surface area contributed by atoms with E-state index in [2.05, 4.69) is 10.6 Å². The van der Waals surface area contributed by atoms with Gasteiger partial charge in [-0.05, 0) is 44.7 Å². The molecule has 0 aromatic heterocycles. The monoisotopic (exact) mass is 283 g/mol. The zero-order chi connectivity index (χ0) is 14.4. The van der Waals surface area contributed by atoms with Gasteiger partial charge in [-0.2, -0.15) is 0 Å². The van der Waals surface area contributed by atoms with Gasteiger partial charge in [-0.25, -0.2) is 0 Å². The predicted octanol–water partition coefficient (Wildman–Crippen LogP) is 0.779. The number of amides is 1. The van der Waals surface area contributed by atoms with Gasteiger partial charge in [0.1, 0.15) is 5.60 Å². The first-order valence-corrected chi connectivity index (χ1v) is 7.99. The van der Waals surface area contributed by atoms with Gasteiger partial charge < -0.3 is 21.1 Å². The minimum absolute atomic E-state index is 0.0301. The van der Waals surface area contributed by atoms with Gasteiger partial charge in [0, 0.05) is 19.7 Å². The number of rotatable bonds is 5. The van der Waals surface area contributed by atoms with Gasteiger partial charge in [0.2, 0.25) is 0 Å². The molecule has 1 saturated heterocycles. The number of nitrogens with two attached hydrogens (primary N) is 1.